The number of carboxylic acid groups (broad SMARTS) is 3. The van der Waals surface area contributed by atoms with Crippen LogP contribution in [0.4, 0.5) is 14.4 Å². The Morgan fingerprint density at radius 1 is 0.449 bits per heavy atom. The number of aromatic nitrogens is 12. The van der Waals surface area contributed by atoms with E-state index < -0.39 is 159 Å². The van der Waals surface area contributed by atoms with Crippen molar-refractivity contribution < 1.29 is 102 Å². The van der Waals surface area contributed by atoms with Crippen LogP contribution in [-0.4, -0.2) is 268 Å². The van der Waals surface area contributed by atoms with Crippen LogP contribution in [0.15, 0.2) is 108 Å². The first kappa shape index (κ1) is 130. The Morgan fingerprint density at radius 2 is 0.748 bits per heavy atom. The predicted molar refractivity (Wildman–Crippen MR) is 593 cm³/mol. The summed E-state index contributed by atoms with van der Waals surface area (Å²) in [5.74, 6) is -6.51. The van der Waals surface area contributed by atoms with E-state index in [0.29, 0.717) is 70.5 Å². The van der Waals surface area contributed by atoms with Crippen molar-refractivity contribution in [3.05, 3.63) is 118 Å². The van der Waals surface area contributed by atoms with Gasteiger partial charge in [0.25, 0.3) is 0 Å². The Labute approximate surface area is 932 Å². The van der Waals surface area contributed by atoms with Gasteiger partial charge in [-0.2, -0.15) is 136 Å². The van der Waals surface area contributed by atoms with Crippen molar-refractivity contribution in [2.45, 2.75) is 285 Å². The molecule has 15 rings (SSSR count). The number of allylic oxidation sites excluding steroid dienone is 3. The number of amides is 9. The van der Waals surface area contributed by atoms with E-state index in [2.05, 4.69) is 101 Å². The second-order valence-electron chi connectivity index (χ2n) is 39.1. The molecule has 814 valence electrons. The minimum absolute atomic E-state index is 0. The summed E-state index contributed by atoms with van der Waals surface area (Å²) in [6.45, 7) is 19.5. The number of fused-ring (bicyclic) bond motifs is 6. The zero-order chi connectivity index (χ0) is 99.7. The number of aromatic hydroxyl groups is 2. The second kappa shape index (κ2) is 55.5. The van der Waals surface area contributed by atoms with Crippen LogP contribution in [0.3, 0.4) is 0 Å². The van der Waals surface area contributed by atoms with Crippen LogP contribution in [0.5, 0.6) is 17.2 Å². The first-order valence-corrected chi connectivity index (χ1v) is 47.9. The number of carbonyl (C=O) groups is 12. The zero-order valence-electron chi connectivity index (χ0n) is 82.7. The summed E-state index contributed by atoms with van der Waals surface area (Å²) in [6, 6.07) is 6.52. The van der Waals surface area contributed by atoms with E-state index in [1.54, 1.807) is 105 Å². The zero-order valence-corrected chi connectivity index (χ0v) is 94.8. The molecule has 147 heavy (non-hydrogen) atoms. The van der Waals surface area contributed by atoms with E-state index in [4.69, 9.17) is 42.1 Å². The topological polar surface area (TPSA) is 556 Å². The van der Waals surface area contributed by atoms with E-state index in [-0.39, 0.29) is 238 Å². The van der Waals surface area contributed by atoms with Crippen LogP contribution < -0.4 is 36.6 Å². The number of halogens is 3. The molecular formula is C93H136BrCl2N21O21S9. The number of ether oxygens (including phenoxy) is 4. The van der Waals surface area contributed by atoms with Gasteiger partial charge in [-0.15, -0.1) is 30.6 Å². The summed E-state index contributed by atoms with van der Waals surface area (Å²) in [5, 5.41) is 105. The molecule has 6 aliphatic heterocycles. The molecular weight excluding hydrogens is 2190 g/mol. The Morgan fingerprint density at radius 3 is 1.03 bits per heavy atom. The van der Waals surface area contributed by atoms with Gasteiger partial charge >= 0.3 is 36.2 Å². The predicted octanol–water partition coefficient (Wildman–Crippen LogP) is 11.6. The smallest absolute Gasteiger partial charge is 0.408 e. The molecule has 3 saturated heterocycles. The van der Waals surface area contributed by atoms with Crippen LogP contribution in [-0.2, 0) is 57.4 Å². The number of hydrogen-bond donors (Lipinski definition) is 11. The standard InChI is InChI=1S/C33H42ClN7O7.C30H38BrN7O7.C30H38ClN7O7.9H2S/c1-5-15-47-26-14-13-20(16-23(26)34)27-37-39-41(38-27)22-17-25-28(42)36-33(30(44)45)18-21(33)11-9-7-6-8-10-12-24(29(43)40(25)19-22)35-31(46)48-32(2,3)4;2*1-29(2,3)45-28(44)32-21-10-8-6-4-5-7-9-18-15-30(18,27(42)43)33-25(40)22-14-19(16-37(22)26(21)41)38-35-24(34-36-38)17-11-12-23(39)20(31)13-17;;;;;;;;;/h5,9,11,13-14,16,21-22,24-25H,1,6-8,10,12,15,17-19H2,2-4H3,(H,35,46)(H,36,42)(H,44,45);2*7,9,11-13,18-19,21-22,39H,4-6,8,10,14-16H2,1-3H3,(H,32,44)(H,33,40)(H,42,43);9*1H2/b11-9-;2*9-7-;;;;;;;;;/t21-,22-,24+,25+,33-;2*18-,19-,21+,22+,30-;;;;;;;;;/m111........./s1. The van der Waals surface area contributed by atoms with Crippen LogP contribution in [0.25, 0.3) is 34.2 Å². The number of carboxylic acids is 3. The molecule has 11 N–H and O–H groups in total. The lowest BCUT2D eigenvalue weighted by Gasteiger charge is -2.30. The lowest BCUT2D eigenvalue weighted by Crippen LogP contribution is -2.56. The van der Waals surface area contributed by atoms with Gasteiger partial charge in [0, 0.05) is 73.3 Å². The third-order valence-electron chi connectivity index (χ3n) is 25.2. The van der Waals surface area contributed by atoms with Crippen molar-refractivity contribution in [3.63, 3.8) is 0 Å². The highest BCUT2D eigenvalue weighted by Crippen LogP contribution is 2.49. The van der Waals surface area contributed by atoms with Gasteiger partial charge in [0.05, 0.1) is 32.6 Å². The van der Waals surface area contributed by atoms with Crippen LogP contribution in [0.2, 0.25) is 10.0 Å². The molecule has 6 aromatic rings. The summed E-state index contributed by atoms with van der Waals surface area (Å²) in [7, 11) is 0. The van der Waals surface area contributed by atoms with Crippen LogP contribution in [0, 0.1) is 17.8 Å². The van der Waals surface area contributed by atoms with E-state index >= 15 is 0 Å². The number of carbonyl (C=O) groups excluding carboxylic acids is 9. The Balaban J connectivity index is 0.000000446. The lowest BCUT2D eigenvalue weighted by atomic mass is 10.0. The third kappa shape index (κ3) is 33.0. The quantitative estimate of drug-likeness (QED) is 0.0336. The number of phenols is 2. The summed E-state index contributed by atoms with van der Waals surface area (Å²) < 4.78 is 22.3. The van der Waals surface area contributed by atoms with E-state index in [1.165, 1.54) is 47.3 Å². The van der Waals surface area contributed by atoms with Crippen LogP contribution in [0.1, 0.15) is 215 Å². The van der Waals surface area contributed by atoms with Gasteiger partial charge in [-0.3, -0.25) is 28.8 Å². The highest BCUT2D eigenvalue weighted by atomic mass is 79.9. The summed E-state index contributed by atoms with van der Waals surface area (Å²) >= 11 is 15.7. The number of benzene rings is 3. The molecule has 9 heterocycles. The van der Waals surface area contributed by atoms with Gasteiger partial charge in [0.15, 0.2) is 0 Å². The van der Waals surface area contributed by atoms with E-state index in [1.807, 2.05) is 36.5 Å². The maximum absolute atomic E-state index is 14.2. The number of tetrazole rings is 3. The van der Waals surface area contributed by atoms with E-state index in [9.17, 15) is 83.1 Å². The number of nitrogens with one attached hydrogen (secondary N) is 6. The Bertz CT molecular complexity index is 5500. The molecule has 0 spiro atoms. The number of alkyl carbamates (subject to hydrolysis) is 3. The highest BCUT2D eigenvalue weighted by molar-refractivity contribution is 9.10. The monoisotopic (exact) mass is 2320 g/mol. The molecule has 15 atom stereocenters. The molecule has 0 radical (unpaired) electrons. The molecule has 3 aromatic carbocycles. The largest absolute Gasteiger partial charge is 0.507 e. The molecule has 3 aromatic heterocycles. The normalized spacial score (nSPS) is 26.0. The van der Waals surface area contributed by atoms with Crippen molar-refractivity contribution in [2.75, 3.05) is 26.2 Å². The molecule has 0 unspecified atom stereocenters. The van der Waals surface area contributed by atoms with Crippen molar-refractivity contribution in [3.8, 4) is 51.4 Å². The van der Waals surface area contributed by atoms with Crippen LogP contribution >= 0.6 is 161 Å². The number of hydrogen-bond acceptors (Lipinski definition) is 27. The number of nitrogens with zero attached hydrogens (tertiary/aromatic N) is 15. The average Bonchev–Trinajstić information content (AvgIpc) is 1.59. The SMILES string of the molecule is C=CCOc1ccc(-c2nnn([C@@H]3C[C@H]4C(=O)N[C@]5(C(=O)O)C[C@H]5/C=C\CCCCC[C@H](NC(=O)OC(C)(C)C)C(=O)N4C3)n2)cc1Cl.CC(C)(C)OC(=O)N[C@H]1CCCCC/C=C\[C@@H]2C[C@@]2(C(=O)O)NC(=O)[C@@H]2C[C@@H](n3nnc(-c4ccc(O)c(Br)c4)n3)CN2C1=O.CC(C)(C)OC(=O)N[C@H]1CCCCC/C=C\[C@@H]2C[C@@]2(C(=O)O)NC(=O)[C@@H]2C[C@@H](n3nnc(-c4ccc(O)c(Cl)c4)n3)CN2C1=O.S.S.S.S.S.S.S.S.S. The molecule has 3 saturated carbocycles. The van der Waals surface area contributed by atoms with Gasteiger partial charge in [-0.1, -0.05) is 111 Å². The third-order valence-corrected chi connectivity index (χ3v) is 26.4. The molecule has 6 fully saturated rings. The van der Waals surface area contributed by atoms with Gasteiger partial charge in [-0.05, 0) is 226 Å². The van der Waals surface area contributed by atoms with Gasteiger partial charge in [0.1, 0.15) is 93.5 Å². The summed E-state index contributed by atoms with van der Waals surface area (Å²) in [5.41, 5.74) is -5.03. The average molecular weight is 2320 g/mol. The van der Waals surface area contributed by atoms with Gasteiger partial charge < -0.3 is 91.1 Å². The summed E-state index contributed by atoms with van der Waals surface area (Å²) in [6.07, 6.45) is 21.8. The number of rotatable bonds is 15. The fraction of sp³-hybridized carbons (Fsp3) is 0.559. The first-order chi connectivity index (χ1) is 65.3. The number of phenolic OH excluding ortho intramolecular Hbond substituents is 2. The van der Waals surface area contributed by atoms with Crippen molar-refractivity contribution >= 4 is 232 Å². The fourth-order valence-corrected chi connectivity index (χ4v) is 18.6. The van der Waals surface area contributed by atoms with E-state index in [0.717, 1.165) is 57.8 Å². The lowest BCUT2D eigenvalue weighted by molar-refractivity contribution is -0.146. The fourth-order valence-electron chi connectivity index (χ4n) is 17.8. The molecule has 42 nitrogen and oxygen atoms in total. The Hall–Kier alpha value is -9.52. The molecule has 54 heteroatoms. The van der Waals surface area contributed by atoms with Crippen molar-refractivity contribution in [1.82, 2.24) is 107 Å². The minimum Gasteiger partial charge on any atom is -0.507 e. The minimum atomic E-state index is -1.45. The first-order valence-electron chi connectivity index (χ1n) is 46.3. The maximum Gasteiger partial charge on any atom is 0.408 e. The van der Waals surface area contributed by atoms with Crippen molar-refractivity contribution in [2.24, 2.45) is 17.8 Å². The van der Waals surface area contributed by atoms with Gasteiger partial charge in [-0.25, -0.2) is 28.8 Å². The Kier molecular flexibility index (Phi) is 49.0. The molecule has 0 bridgehead atoms. The van der Waals surface area contributed by atoms with Gasteiger partial charge in [0.2, 0.25) is 52.9 Å². The van der Waals surface area contributed by atoms with Crippen molar-refractivity contribution in [1.29, 1.82) is 0 Å². The molecule has 9 amide bonds. The maximum atomic E-state index is 14.2. The number of aliphatic carboxylic acids is 3. The molecule has 9 aliphatic rings. The highest BCUT2D eigenvalue weighted by Gasteiger charge is 2.64. The molecule has 3 aliphatic carbocycles. The summed E-state index contributed by atoms with van der Waals surface area (Å²) in [4.78, 5) is 168. The second-order valence-corrected chi connectivity index (χ2v) is 40.8.